The van der Waals surface area contributed by atoms with Gasteiger partial charge in [-0.15, -0.1) is 10.2 Å². The first-order valence-corrected chi connectivity index (χ1v) is 7.53. The summed E-state index contributed by atoms with van der Waals surface area (Å²) in [4.78, 5) is 0. The summed E-state index contributed by atoms with van der Waals surface area (Å²) in [6.07, 6.45) is 0. The number of benzene rings is 3. The zero-order valence-electron chi connectivity index (χ0n) is 13.0. The number of fused-ring (bicyclic) bond motifs is 4. The maximum atomic E-state index is 5.86. The third-order valence-electron chi connectivity index (χ3n) is 3.95. The third kappa shape index (κ3) is 2.42. The van der Waals surface area contributed by atoms with Crippen LogP contribution in [0.4, 0.5) is 11.4 Å². The minimum atomic E-state index is 0.132. The maximum Gasteiger partial charge on any atom is 0.231 e. The van der Waals surface area contributed by atoms with Crippen molar-refractivity contribution in [2.45, 2.75) is 13.8 Å². The Hall–Kier alpha value is -2.88. The minimum Gasteiger partial charge on any atom is -0.455 e. The topological polar surface area (TPSA) is 43.2 Å². The number of para-hydroxylation sites is 1. The van der Waals surface area contributed by atoms with Crippen LogP contribution in [0.25, 0.3) is 10.8 Å². The highest BCUT2D eigenvalue weighted by Gasteiger charge is 2.15. The highest BCUT2D eigenvalue weighted by molar-refractivity contribution is 5.97. The quantitative estimate of drug-likeness (QED) is 0.542. The molecule has 0 saturated heterocycles. The van der Waals surface area contributed by atoms with Gasteiger partial charge in [-0.3, -0.25) is 0 Å². The summed E-state index contributed by atoms with van der Waals surface area (Å²) >= 11 is 0. The second-order valence-corrected chi connectivity index (χ2v) is 5.67. The summed E-state index contributed by atoms with van der Waals surface area (Å²) in [5.41, 5.74) is 3.68. The van der Waals surface area contributed by atoms with Crippen molar-refractivity contribution in [3.8, 4) is 11.5 Å². The van der Waals surface area contributed by atoms with E-state index in [1.165, 1.54) is 5.56 Å². The van der Waals surface area contributed by atoms with Crippen LogP contribution in [0.15, 0.2) is 58.8 Å². The summed E-state index contributed by atoms with van der Waals surface area (Å²) in [7, 11) is 0. The van der Waals surface area contributed by atoms with E-state index in [-0.39, 0.29) is 6.79 Å². The van der Waals surface area contributed by atoms with E-state index in [2.05, 4.69) is 41.4 Å². The van der Waals surface area contributed by atoms with Crippen molar-refractivity contribution in [2.24, 2.45) is 10.2 Å². The number of hydrogen-bond acceptors (Lipinski definition) is 4. The Morgan fingerprint density at radius 1 is 0.913 bits per heavy atom. The summed E-state index contributed by atoms with van der Waals surface area (Å²) < 4.78 is 11.5. The molecule has 1 aliphatic heterocycles. The van der Waals surface area contributed by atoms with E-state index in [1.807, 2.05) is 31.2 Å². The fourth-order valence-corrected chi connectivity index (χ4v) is 2.82. The van der Waals surface area contributed by atoms with Gasteiger partial charge >= 0.3 is 0 Å². The molecule has 0 spiro atoms. The molecule has 0 unspecified atom stereocenters. The number of azo groups is 1. The van der Waals surface area contributed by atoms with Crippen molar-refractivity contribution in [1.82, 2.24) is 0 Å². The number of ether oxygens (including phenoxy) is 2. The van der Waals surface area contributed by atoms with E-state index in [4.69, 9.17) is 9.47 Å². The van der Waals surface area contributed by atoms with Gasteiger partial charge in [0.15, 0.2) is 11.5 Å². The van der Waals surface area contributed by atoms with Crippen molar-refractivity contribution in [1.29, 1.82) is 0 Å². The van der Waals surface area contributed by atoms with E-state index in [0.717, 1.165) is 27.8 Å². The van der Waals surface area contributed by atoms with E-state index in [0.29, 0.717) is 11.4 Å². The third-order valence-corrected chi connectivity index (χ3v) is 3.95. The fourth-order valence-electron chi connectivity index (χ4n) is 2.82. The van der Waals surface area contributed by atoms with Crippen LogP contribution in [0.5, 0.6) is 11.5 Å². The molecule has 0 N–H and O–H groups in total. The van der Waals surface area contributed by atoms with Gasteiger partial charge in [-0.1, -0.05) is 35.9 Å². The van der Waals surface area contributed by atoms with Crippen LogP contribution < -0.4 is 9.47 Å². The number of rotatable bonds is 0. The van der Waals surface area contributed by atoms with Gasteiger partial charge in [0.25, 0.3) is 0 Å². The van der Waals surface area contributed by atoms with Crippen molar-refractivity contribution in [3.05, 3.63) is 59.7 Å². The first-order chi connectivity index (χ1) is 11.2. The van der Waals surface area contributed by atoms with Gasteiger partial charge in [0.1, 0.15) is 11.4 Å². The predicted octanol–water partition coefficient (Wildman–Crippen LogP) is 5.60. The standard InChI is InChI=1S/C19H16N2O2/c1-12-7-8-15-14(9-12)10-13(2)19-18(15)21-20-16-5-3-4-6-17(16)22-11-23-19/h3-10H,11H2,1-2H3. The lowest BCUT2D eigenvalue weighted by molar-refractivity contribution is 0.121. The maximum absolute atomic E-state index is 5.86. The molecule has 4 nitrogen and oxygen atoms in total. The van der Waals surface area contributed by atoms with Crippen molar-refractivity contribution in [2.75, 3.05) is 6.79 Å². The molecule has 0 saturated carbocycles. The molecule has 1 aliphatic rings. The molecule has 0 fully saturated rings. The van der Waals surface area contributed by atoms with Gasteiger partial charge in [-0.25, -0.2) is 0 Å². The minimum absolute atomic E-state index is 0.132. The Balaban J connectivity index is 1.97. The molecule has 0 aliphatic carbocycles. The average Bonchev–Trinajstić information content (AvgIpc) is 2.63. The lowest BCUT2D eigenvalue weighted by Crippen LogP contribution is -2.06. The van der Waals surface area contributed by atoms with Crippen LogP contribution in [-0.4, -0.2) is 6.79 Å². The van der Waals surface area contributed by atoms with Gasteiger partial charge in [0.05, 0.1) is 0 Å². The molecule has 0 aromatic heterocycles. The van der Waals surface area contributed by atoms with Gasteiger partial charge in [0, 0.05) is 5.39 Å². The molecule has 0 bridgehead atoms. The SMILES string of the molecule is Cc1ccc2c3c(c(C)cc2c1)OCOc1ccccc1N=N3. The molecule has 0 radical (unpaired) electrons. The van der Waals surface area contributed by atoms with Crippen LogP contribution >= 0.6 is 0 Å². The highest BCUT2D eigenvalue weighted by atomic mass is 16.7. The summed E-state index contributed by atoms with van der Waals surface area (Å²) in [5, 5.41) is 11.0. The van der Waals surface area contributed by atoms with Crippen molar-refractivity contribution in [3.63, 3.8) is 0 Å². The van der Waals surface area contributed by atoms with Crippen LogP contribution in [-0.2, 0) is 0 Å². The zero-order valence-corrected chi connectivity index (χ0v) is 13.0. The molecule has 0 amide bonds. The van der Waals surface area contributed by atoms with Crippen molar-refractivity contribution >= 4 is 22.1 Å². The Morgan fingerprint density at radius 3 is 2.70 bits per heavy atom. The van der Waals surface area contributed by atoms with Gasteiger partial charge in [-0.2, -0.15) is 0 Å². The summed E-state index contributed by atoms with van der Waals surface area (Å²) in [6.45, 7) is 4.23. The van der Waals surface area contributed by atoms with Crippen LogP contribution in [0.1, 0.15) is 11.1 Å². The zero-order chi connectivity index (χ0) is 15.8. The Kier molecular flexibility index (Phi) is 3.23. The lowest BCUT2D eigenvalue weighted by atomic mass is 10.0. The predicted molar refractivity (Wildman–Crippen MR) is 90.2 cm³/mol. The van der Waals surface area contributed by atoms with Crippen LogP contribution in [0, 0.1) is 13.8 Å². The normalized spacial score (nSPS) is 13.1. The monoisotopic (exact) mass is 304 g/mol. The lowest BCUT2D eigenvalue weighted by Gasteiger charge is -2.13. The average molecular weight is 304 g/mol. The number of hydrogen-bond donors (Lipinski definition) is 0. The molecule has 23 heavy (non-hydrogen) atoms. The first kappa shape index (κ1) is 13.8. The van der Waals surface area contributed by atoms with E-state index in [1.54, 1.807) is 0 Å². The largest absolute Gasteiger partial charge is 0.455 e. The van der Waals surface area contributed by atoms with E-state index < -0.39 is 0 Å². The smallest absolute Gasteiger partial charge is 0.231 e. The molecule has 114 valence electrons. The number of nitrogens with zero attached hydrogens (tertiary/aromatic N) is 2. The molecular weight excluding hydrogens is 288 g/mol. The first-order valence-electron chi connectivity index (χ1n) is 7.53. The Morgan fingerprint density at radius 2 is 1.78 bits per heavy atom. The molecular formula is C19H16N2O2. The van der Waals surface area contributed by atoms with Crippen molar-refractivity contribution < 1.29 is 9.47 Å². The van der Waals surface area contributed by atoms with Crippen LogP contribution in [0.2, 0.25) is 0 Å². The Bertz CT molecular complexity index is 932. The van der Waals surface area contributed by atoms with Gasteiger partial charge in [0.2, 0.25) is 6.79 Å². The molecule has 4 rings (SSSR count). The fraction of sp³-hybridized carbons (Fsp3) is 0.158. The highest BCUT2D eigenvalue weighted by Crippen LogP contribution is 2.41. The molecule has 3 aromatic rings. The molecule has 1 heterocycles. The van der Waals surface area contributed by atoms with E-state index in [9.17, 15) is 0 Å². The van der Waals surface area contributed by atoms with Crippen LogP contribution in [0.3, 0.4) is 0 Å². The second-order valence-electron chi connectivity index (χ2n) is 5.67. The second kappa shape index (κ2) is 5.39. The molecule has 4 heteroatoms. The summed E-state index contributed by atoms with van der Waals surface area (Å²) in [5.74, 6) is 1.39. The van der Waals surface area contributed by atoms with Gasteiger partial charge in [-0.05, 0) is 43.0 Å². The Labute approximate surface area is 134 Å². The molecule has 3 aromatic carbocycles. The summed E-state index contributed by atoms with van der Waals surface area (Å²) in [6, 6.07) is 16.0. The van der Waals surface area contributed by atoms with E-state index >= 15 is 0 Å². The van der Waals surface area contributed by atoms with Gasteiger partial charge < -0.3 is 9.47 Å². The number of aryl methyl sites for hydroxylation is 2. The molecule has 0 atom stereocenters.